The summed E-state index contributed by atoms with van der Waals surface area (Å²) in [7, 11) is 0. The highest BCUT2D eigenvalue weighted by Crippen LogP contribution is 2.40. The molecule has 1 rings (SSSR count). The van der Waals surface area contributed by atoms with Gasteiger partial charge in [-0.15, -0.1) is 24.0 Å². The summed E-state index contributed by atoms with van der Waals surface area (Å²) in [5.74, 6) is 0. The van der Waals surface area contributed by atoms with Crippen molar-refractivity contribution in [2.45, 2.75) is 17.7 Å². The Morgan fingerprint density at radius 1 is 1.57 bits per heavy atom. The van der Waals surface area contributed by atoms with Gasteiger partial charge in [-0.2, -0.15) is 0 Å². The number of alkyl halides is 1. The summed E-state index contributed by atoms with van der Waals surface area (Å²) in [5, 5.41) is 0. The van der Waals surface area contributed by atoms with Crippen LogP contribution in [0.15, 0.2) is 0 Å². The minimum Gasteiger partial charge on any atom is -0.329 e. The maximum Gasteiger partial charge on any atom is 0.0569 e. The average Bonchev–Trinajstić information content (AvgIpc) is 2.22. The first-order valence-corrected chi connectivity index (χ1v) is 2.54. The predicted octanol–water partition coefficient (Wildman–Crippen LogP) is 1.14. The van der Waals surface area contributed by atoms with Crippen molar-refractivity contribution in [1.29, 1.82) is 0 Å². The Hall–Kier alpha value is 0.540. The molecule has 0 heterocycles. The minimum atomic E-state index is 0. The summed E-state index contributed by atoms with van der Waals surface area (Å²) in [5.41, 5.74) is 5.24. The van der Waals surface area contributed by atoms with Crippen LogP contribution >= 0.6 is 24.0 Å². The van der Waals surface area contributed by atoms with Gasteiger partial charge in [0.05, 0.1) is 4.87 Å². The standard InChI is InChI=1S/C4H8ClN.ClH/c5-4(3-6)1-2-4;/h1-3,6H2;1H. The summed E-state index contributed by atoms with van der Waals surface area (Å²) in [4.78, 5) is 0.0417. The zero-order chi connectivity index (χ0) is 4.62. The number of rotatable bonds is 1. The molecule has 0 unspecified atom stereocenters. The quantitative estimate of drug-likeness (QED) is 0.545. The Morgan fingerprint density at radius 3 is 2.00 bits per heavy atom. The highest BCUT2D eigenvalue weighted by atomic mass is 35.5. The van der Waals surface area contributed by atoms with E-state index in [0.717, 1.165) is 12.8 Å². The number of hydrogen-bond donors (Lipinski definition) is 1. The highest BCUT2D eigenvalue weighted by molar-refractivity contribution is 6.26. The molecule has 0 bridgehead atoms. The van der Waals surface area contributed by atoms with Gasteiger partial charge in [-0.05, 0) is 12.8 Å². The van der Waals surface area contributed by atoms with Gasteiger partial charge in [0, 0.05) is 6.54 Å². The van der Waals surface area contributed by atoms with E-state index in [4.69, 9.17) is 17.3 Å². The molecule has 1 fully saturated rings. The van der Waals surface area contributed by atoms with Gasteiger partial charge in [0.2, 0.25) is 0 Å². The maximum atomic E-state index is 5.70. The van der Waals surface area contributed by atoms with Crippen LogP contribution in [0.5, 0.6) is 0 Å². The van der Waals surface area contributed by atoms with Gasteiger partial charge in [-0.1, -0.05) is 0 Å². The monoisotopic (exact) mass is 141 g/mol. The summed E-state index contributed by atoms with van der Waals surface area (Å²) >= 11 is 5.70. The molecule has 0 radical (unpaired) electrons. The van der Waals surface area contributed by atoms with Gasteiger partial charge in [0.25, 0.3) is 0 Å². The molecule has 1 aliphatic carbocycles. The minimum absolute atomic E-state index is 0. The smallest absolute Gasteiger partial charge is 0.0569 e. The lowest BCUT2D eigenvalue weighted by molar-refractivity contribution is 0.888. The molecular weight excluding hydrogens is 133 g/mol. The largest absolute Gasteiger partial charge is 0.329 e. The van der Waals surface area contributed by atoms with Crippen LogP contribution in [0.25, 0.3) is 0 Å². The van der Waals surface area contributed by atoms with E-state index in [1.807, 2.05) is 0 Å². The van der Waals surface area contributed by atoms with Crippen LogP contribution in [0, 0.1) is 0 Å². The predicted molar refractivity (Wildman–Crippen MR) is 34.1 cm³/mol. The topological polar surface area (TPSA) is 26.0 Å². The van der Waals surface area contributed by atoms with Gasteiger partial charge in [-0.25, -0.2) is 0 Å². The summed E-state index contributed by atoms with van der Waals surface area (Å²) < 4.78 is 0. The van der Waals surface area contributed by atoms with Gasteiger partial charge < -0.3 is 5.73 Å². The van der Waals surface area contributed by atoms with Crippen molar-refractivity contribution in [2.75, 3.05) is 6.54 Å². The van der Waals surface area contributed by atoms with Gasteiger partial charge >= 0.3 is 0 Å². The molecular formula is C4H9Cl2N. The van der Waals surface area contributed by atoms with E-state index in [2.05, 4.69) is 0 Å². The van der Waals surface area contributed by atoms with Crippen LogP contribution in [0.1, 0.15) is 12.8 Å². The molecule has 0 aromatic carbocycles. The lowest BCUT2D eigenvalue weighted by atomic mass is 10.4. The van der Waals surface area contributed by atoms with Crippen LogP contribution in [0.3, 0.4) is 0 Å². The molecule has 1 saturated carbocycles. The maximum absolute atomic E-state index is 5.70. The first kappa shape index (κ1) is 7.54. The van der Waals surface area contributed by atoms with Crippen molar-refractivity contribution in [1.82, 2.24) is 0 Å². The van der Waals surface area contributed by atoms with Crippen molar-refractivity contribution in [2.24, 2.45) is 5.73 Å². The molecule has 3 heteroatoms. The molecule has 0 aromatic rings. The summed E-state index contributed by atoms with van der Waals surface area (Å²) in [6.45, 7) is 0.647. The first-order chi connectivity index (χ1) is 2.77. The first-order valence-electron chi connectivity index (χ1n) is 2.16. The Balaban J connectivity index is 0.000000360. The third kappa shape index (κ3) is 1.85. The summed E-state index contributed by atoms with van der Waals surface area (Å²) in [6, 6.07) is 0. The molecule has 0 amide bonds. The van der Waals surface area contributed by atoms with Crippen LogP contribution in [-0.4, -0.2) is 11.4 Å². The van der Waals surface area contributed by atoms with Crippen molar-refractivity contribution < 1.29 is 0 Å². The van der Waals surface area contributed by atoms with E-state index in [1.54, 1.807) is 0 Å². The normalized spacial score (nSPS) is 23.1. The lowest BCUT2D eigenvalue weighted by Gasteiger charge is -1.93. The highest BCUT2D eigenvalue weighted by Gasteiger charge is 2.38. The Morgan fingerprint density at radius 2 is 2.00 bits per heavy atom. The van der Waals surface area contributed by atoms with E-state index in [0.29, 0.717) is 6.54 Å². The molecule has 0 spiro atoms. The zero-order valence-corrected chi connectivity index (χ0v) is 5.56. The molecule has 1 aliphatic rings. The molecule has 0 saturated heterocycles. The third-order valence-corrected chi connectivity index (χ3v) is 1.69. The number of hydrogen-bond acceptors (Lipinski definition) is 1. The lowest BCUT2D eigenvalue weighted by Crippen LogP contribution is -2.13. The van der Waals surface area contributed by atoms with E-state index in [-0.39, 0.29) is 17.3 Å². The second-order valence-electron chi connectivity index (χ2n) is 1.86. The van der Waals surface area contributed by atoms with Crippen molar-refractivity contribution in [3.05, 3.63) is 0 Å². The summed E-state index contributed by atoms with van der Waals surface area (Å²) in [6.07, 6.45) is 2.23. The van der Waals surface area contributed by atoms with Crippen molar-refractivity contribution in [3.8, 4) is 0 Å². The van der Waals surface area contributed by atoms with Crippen LogP contribution in [-0.2, 0) is 0 Å². The molecule has 0 aliphatic heterocycles. The Labute approximate surface area is 54.6 Å². The van der Waals surface area contributed by atoms with E-state index in [9.17, 15) is 0 Å². The van der Waals surface area contributed by atoms with Crippen LogP contribution < -0.4 is 5.73 Å². The van der Waals surface area contributed by atoms with E-state index < -0.39 is 0 Å². The molecule has 44 valence electrons. The molecule has 2 N–H and O–H groups in total. The number of nitrogens with two attached hydrogens (primary N) is 1. The molecule has 7 heavy (non-hydrogen) atoms. The van der Waals surface area contributed by atoms with Gasteiger partial charge in [0.1, 0.15) is 0 Å². The molecule has 1 nitrogen and oxygen atoms in total. The zero-order valence-electron chi connectivity index (χ0n) is 3.98. The third-order valence-electron chi connectivity index (χ3n) is 1.16. The number of halogens is 2. The van der Waals surface area contributed by atoms with Crippen LogP contribution in [0.2, 0.25) is 0 Å². The van der Waals surface area contributed by atoms with Crippen LogP contribution in [0.4, 0.5) is 0 Å². The van der Waals surface area contributed by atoms with Crippen molar-refractivity contribution >= 4 is 24.0 Å². The van der Waals surface area contributed by atoms with E-state index >= 15 is 0 Å². The average molecular weight is 142 g/mol. The van der Waals surface area contributed by atoms with Gasteiger partial charge in [0.15, 0.2) is 0 Å². The fraction of sp³-hybridized carbons (Fsp3) is 1.00. The second kappa shape index (κ2) is 2.21. The fourth-order valence-electron chi connectivity index (χ4n) is 0.340. The Kier molecular flexibility index (Phi) is 2.38. The second-order valence-corrected chi connectivity index (χ2v) is 2.66. The van der Waals surface area contributed by atoms with E-state index in [1.165, 1.54) is 0 Å². The molecule has 0 aromatic heterocycles. The Bertz CT molecular complexity index is 60.7. The van der Waals surface area contributed by atoms with Crippen molar-refractivity contribution in [3.63, 3.8) is 0 Å². The SMILES string of the molecule is Cl.NCC1(Cl)CC1. The van der Waals surface area contributed by atoms with Gasteiger partial charge in [-0.3, -0.25) is 0 Å². The fourth-order valence-corrected chi connectivity index (χ4v) is 0.434. The molecule has 0 atom stereocenters.